The van der Waals surface area contributed by atoms with Crippen molar-refractivity contribution in [1.82, 2.24) is 0 Å². The number of aryl methyl sites for hydroxylation is 1. The summed E-state index contributed by atoms with van der Waals surface area (Å²) in [6.45, 7) is 0.767. The Morgan fingerprint density at radius 3 is 2.56 bits per heavy atom. The molecule has 0 radical (unpaired) electrons. The van der Waals surface area contributed by atoms with Crippen LogP contribution in [-0.4, -0.2) is 12.6 Å². The minimum atomic E-state index is 0.485. The van der Waals surface area contributed by atoms with Gasteiger partial charge in [0.2, 0.25) is 0 Å². The number of benzene rings is 1. The first-order chi connectivity index (χ1) is 8.85. The van der Waals surface area contributed by atoms with Crippen LogP contribution in [0.1, 0.15) is 37.7 Å². The highest BCUT2D eigenvalue weighted by atomic mass is 16.5. The molecule has 3 unspecified atom stereocenters. The predicted molar refractivity (Wildman–Crippen MR) is 73.7 cm³/mol. The summed E-state index contributed by atoms with van der Waals surface area (Å²) < 4.78 is 6.14. The van der Waals surface area contributed by atoms with Crippen LogP contribution in [0.3, 0.4) is 0 Å². The van der Waals surface area contributed by atoms with Crippen molar-refractivity contribution in [2.45, 2.75) is 44.6 Å². The molecule has 2 fully saturated rings. The first kappa shape index (κ1) is 12.0. The molecule has 0 heterocycles. The zero-order valence-electron chi connectivity index (χ0n) is 11.0. The van der Waals surface area contributed by atoms with Gasteiger partial charge < -0.3 is 10.5 Å². The lowest BCUT2D eigenvalue weighted by atomic mass is 9.98. The maximum atomic E-state index is 6.14. The third kappa shape index (κ3) is 2.54. The molecule has 2 N–H and O–H groups in total. The Morgan fingerprint density at radius 1 is 1.11 bits per heavy atom. The van der Waals surface area contributed by atoms with Crippen molar-refractivity contribution in [3.8, 4) is 5.75 Å². The molecule has 3 atom stereocenters. The van der Waals surface area contributed by atoms with Crippen molar-refractivity contribution in [3.05, 3.63) is 29.8 Å². The average molecular weight is 245 g/mol. The van der Waals surface area contributed by atoms with Gasteiger partial charge in [-0.1, -0.05) is 12.1 Å². The van der Waals surface area contributed by atoms with Crippen LogP contribution in [0.4, 0.5) is 0 Å². The van der Waals surface area contributed by atoms with Crippen molar-refractivity contribution in [2.24, 2.45) is 17.6 Å². The molecular formula is C16H23NO. The van der Waals surface area contributed by atoms with Gasteiger partial charge in [-0.3, -0.25) is 0 Å². The third-order valence-corrected chi connectivity index (χ3v) is 4.55. The van der Waals surface area contributed by atoms with Crippen molar-refractivity contribution >= 4 is 0 Å². The van der Waals surface area contributed by atoms with Gasteiger partial charge in [-0.2, -0.15) is 0 Å². The molecule has 2 bridgehead atoms. The number of hydrogen-bond acceptors (Lipinski definition) is 2. The smallest absolute Gasteiger partial charge is 0.119 e. The van der Waals surface area contributed by atoms with Gasteiger partial charge in [0.05, 0.1) is 0 Å². The highest BCUT2D eigenvalue weighted by molar-refractivity contribution is 5.27. The van der Waals surface area contributed by atoms with Gasteiger partial charge in [-0.05, 0) is 74.6 Å². The van der Waals surface area contributed by atoms with Crippen LogP contribution in [0.5, 0.6) is 5.75 Å². The lowest BCUT2D eigenvalue weighted by molar-refractivity contribution is 0.138. The van der Waals surface area contributed by atoms with Crippen molar-refractivity contribution in [3.63, 3.8) is 0 Å². The average Bonchev–Trinajstić information content (AvgIpc) is 3.00. The maximum absolute atomic E-state index is 6.14. The fraction of sp³-hybridized carbons (Fsp3) is 0.625. The molecule has 1 aromatic carbocycles. The second-order valence-electron chi connectivity index (χ2n) is 5.87. The Balaban J connectivity index is 1.56. The van der Waals surface area contributed by atoms with Gasteiger partial charge in [0.25, 0.3) is 0 Å². The van der Waals surface area contributed by atoms with E-state index in [9.17, 15) is 0 Å². The lowest BCUT2D eigenvalue weighted by Gasteiger charge is -2.23. The van der Waals surface area contributed by atoms with Gasteiger partial charge in [-0.25, -0.2) is 0 Å². The van der Waals surface area contributed by atoms with Crippen LogP contribution in [0.2, 0.25) is 0 Å². The molecule has 2 heteroatoms. The highest BCUT2D eigenvalue weighted by Gasteiger charge is 2.40. The largest absolute Gasteiger partial charge is 0.490 e. The SMILES string of the molecule is NCCCc1ccc(OC2CC3CCC2C3)cc1. The van der Waals surface area contributed by atoms with E-state index in [-0.39, 0.29) is 0 Å². The summed E-state index contributed by atoms with van der Waals surface area (Å²) in [4.78, 5) is 0. The molecule has 2 saturated carbocycles. The maximum Gasteiger partial charge on any atom is 0.119 e. The number of rotatable bonds is 5. The minimum Gasteiger partial charge on any atom is -0.490 e. The zero-order chi connectivity index (χ0) is 12.4. The summed E-state index contributed by atoms with van der Waals surface area (Å²) in [6.07, 6.45) is 8.11. The van der Waals surface area contributed by atoms with E-state index in [1.165, 1.54) is 31.2 Å². The zero-order valence-corrected chi connectivity index (χ0v) is 11.0. The lowest BCUT2D eigenvalue weighted by Crippen LogP contribution is -2.23. The van der Waals surface area contributed by atoms with Crippen molar-refractivity contribution < 1.29 is 4.74 Å². The Kier molecular flexibility index (Phi) is 3.55. The number of ether oxygens (including phenoxy) is 1. The van der Waals surface area contributed by atoms with E-state index in [2.05, 4.69) is 24.3 Å². The normalized spacial score (nSPS) is 29.7. The second-order valence-corrected chi connectivity index (χ2v) is 5.87. The fourth-order valence-corrected chi connectivity index (χ4v) is 3.55. The monoisotopic (exact) mass is 245 g/mol. The van der Waals surface area contributed by atoms with E-state index in [0.29, 0.717) is 6.10 Å². The highest BCUT2D eigenvalue weighted by Crippen LogP contribution is 2.45. The van der Waals surface area contributed by atoms with Crippen LogP contribution in [0.15, 0.2) is 24.3 Å². The molecule has 2 aliphatic carbocycles. The molecule has 0 spiro atoms. The van der Waals surface area contributed by atoms with Crippen LogP contribution in [0, 0.1) is 11.8 Å². The molecule has 98 valence electrons. The molecule has 3 rings (SSSR count). The summed E-state index contributed by atoms with van der Waals surface area (Å²) >= 11 is 0. The summed E-state index contributed by atoms with van der Waals surface area (Å²) in [5.41, 5.74) is 6.89. The van der Waals surface area contributed by atoms with E-state index >= 15 is 0 Å². The number of fused-ring (bicyclic) bond motifs is 2. The second kappa shape index (κ2) is 5.31. The Hall–Kier alpha value is -1.02. The first-order valence-corrected chi connectivity index (χ1v) is 7.31. The topological polar surface area (TPSA) is 35.2 Å². The molecule has 1 aromatic rings. The summed E-state index contributed by atoms with van der Waals surface area (Å²) in [5.74, 6) is 2.82. The third-order valence-electron chi connectivity index (χ3n) is 4.55. The van der Waals surface area contributed by atoms with E-state index in [0.717, 1.165) is 37.0 Å². The molecule has 0 amide bonds. The summed E-state index contributed by atoms with van der Waals surface area (Å²) in [5, 5.41) is 0. The minimum absolute atomic E-state index is 0.485. The number of nitrogens with two attached hydrogens (primary N) is 1. The van der Waals surface area contributed by atoms with Crippen LogP contribution in [-0.2, 0) is 6.42 Å². The fourth-order valence-electron chi connectivity index (χ4n) is 3.55. The molecule has 0 aromatic heterocycles. The summed E-state index contributed by atoms with van der Waals surface area (Å²) in [6, 6.07) is 8.60. The quantitative estimate of drug-likeness (QED) is 0.865. The summed E-state index contributed by atoms with van der Waals surface area (Å²) in [7, 11) is 0. The standard InChI is InChI=1S/C16H23NO/c17-9-1-2-12-4-7-15(8-5-12)18-16-11-13-3-6-14(16)10-13/h4-5,7-8,13-14,16H,1-3,6,9-11,17H2. The molecule has 2 aliphatic rings. The van der Waals surface area contributed by atoms with Gasteiger partial charge in [0.1, 0.15) is 11.9 Å². The van der Waals surface area contributed by atoms with Gasteiger partial charge >= 0.3 is 0 Å². The van der Waals surface area contributed by atoms with Gasteiger partial charge in [-0.15, -0.1) is 0 Å². The van der Waals surface area contributed by atoms with E-state index in [1.54, 1.807) is 0 Å². The van der Waals surface area contributed by atoms with Crippen molar-refractivity contribution in [2.75, 3.05) is 6.54 Å². The van der Waals surface area contributed by atoms with Crippen LogP contribution in [0.25, 0.3) is 0 Å². The van der Waals surface area contributed by atoms with Gasteiger partial charge in [0, 0.05) is 0 Å². The molecule has 0 saturated heterocycles. The molecule has 2 nitrogen and oxygen atoms in total. The van der Waals surface area contributed by atoms with Crippen LogP contribution < -0.4 is 10.5 Å². The molecular weight excluding hydrogens is 222 g/mol. The predicted octanol–water partition coefficient (Wildman–Crippen LogP) is 3.15. The van der Waals surface area contributed by atoms with E-state index in [4.69, 9.17) is 10.5 Å². The van der Waals surface area contributed by atoms with Crippen LogP contribution >= 0.6 is 0 Å². The van der Waals surface area contributed by atoms with Gasteiger partial charge in [0.15, 0.2) is 0 Å². The number of hydrogen-bond donors (Lipinski definition) is 1. The Morgan fingerprint density at radius 2 is 1.94 bits per heavy atom. The van der Waals surface area contributed by atoms with E-state index in [1.807, 2.05) is 0 Å². The first-order valence-electron chi connectivity index (χ1n) is 7.31. The molecule has 0 aliphatic heterocycles. The van der Waals surface area contributed by atoms with E-state index < -0.39 is 0 Å². The Bertz CT molecular complexity index is 387. The molecule has 18 heavy (non-hydrogen) atoms. The Labute approximate surface area is 110 Å². The van der Waals surface area contributed by atoms with Crippen molar-refractivity contribution in [1.29, 1.82) is 0 Å².